The molecule has 4 heteroatoms. The molecule has 21 heavy (non-hydrogen) atoms. The molecule has 3 aromatic rings. The van der Waals surface area contributed by atoms with Crippen LogP contribution in [0.15, 0.2) is 48.8 Å². The van der Waals surface area contributed by atoms with E-state index in [0.29, 0.717) is 12.6 Å². The highest BCUT2D eigenvalue weighted by atomic mass is 35.5. The molecular weight excluding hydrogens is 284 g/mol. The van der Waals surface area contributed by atoms with E-state index in [9.17, 15) is 0 Å². The van der Waals surface area contributed by atoms with Crippen LogP contribution < -0.4 is 4.74 Å². The van der Waals surface area contributed by atoms with Gasteiger partial charge in [-0.05, 0) is 38.1 Å². The number of hydrogen-bond donors (Lipinski definition) is 0. The summed E-state index contributed by atoms with van der Waals surface area (Å²) in [6, 6.07) is 12.2. The van der Waals surface area contributed by atoms with Crippen LogP contribution in [0.4, 0.5) is 0 Å². The van der Waals surface area contributed by atoms with Crippen LogP contribution in [0.1, 0.15) is 25.6 Å². The fourth-order valence-electron chi connectivity index (χ4n) is 2.59. The van der Waals surface area contributed by atoms with Gasteiger partial charge in [0.05, 0.1) is 22.4 Å². The van der Waals surface area contributed by atoms with E-state index < -0.39 is 0 Å². The second kappa shape index (κ2) is 5.78. The fraction of sp³-hybridized carbons (Fsp3) is 0.235. The van der Waals surface area contributed by atoms with Crippen molar-refractivity contribution < 1.29 is 4.74 Å². The number of nitrogens with zero attached hydrogens (tertiary/aromatic N) is 2. The van der Waals surface area contributed by atoms with Gasteiger partial charge in [0, 0.05) is 17.6 Å². The van der Waals surface area contributed by atoms with Gasteiger partial charge in [-0.3, -0.25) is 4.98 Å². The van der Waals surface area contributed by atoms with Crippen molar-refractivity contribution >= 4 is 22.5 Å². The minimum atomic E-state index is 0.315. The van der Waals surface area contributed by atoms with E-state index >= 15 is 0 Å². The average molecular weight is 301 g/mol. The predicted octanol–water partition coefficient (Wildman–Crippen LogP) is 4.85. The van der Waals surface area contributed by atoms with Crippen LogP contribution in [0.25, 0.3) is 10.9 Å². The topological polar surface area (TPSA) is 27.1 Å². The number of rotatable bonds is 4. The Hall–Kier alpha value is -2.00. The first-order valence-corrected chi connectivity index (χ1v) is 7.36. The molecule has 1 aromatic carbocycles. The zero-order valence-corrected chi connectivity index (χ0v) is 12.8. The van der Waals surface area contributed by atoms with Gasteiger partial charge < -0.3 is 9.30 Å². The molecule has 3 nitrogen and oxygen atoms in total. The Labute approximate surface area is 129 Å². The third kappa shape index (κ3) is 2.74. The summed E-state index contributed by atoms with van der Waals surface area (Å²) in [6.45, 7) is 4.79. The average Bonchev–Trinajstić information content (AvgIpc) is 2.86. The second-order valence-corrected chi connectivity index (χ2v) is 5.66. The third-order valence-corrected chi connectivity index (χ3v) is 3.73. The lowest BCUT2D eigenvalue weighted by molar-refractivity contribution is 0.292. The van der Waals surface area contributed by atoms with Crippen LogP contribution in [0.5, 0.6) is 5.75 Å². The van der Waals surface area contributed by atoms with Crippen molar-refractivity contribution in [1.29, 1.82) is 0 Å². The van der Waals surface area contributed by atoms with Crippen LogP contribution in [-0.2, 0) is 6.61 Å². The molecule has 0 unspecified atom stereocenters. The molecule has 108 valence electrons. The normalized spacial score (nSPS) is 11.2. The summed E-state index contributed by atoms with van der Waals surface area (Å²) in [6.07, 6.45) is 3.45. The number of aromatic nitrogens is 2. The minimum absolute atomic E-state index is 0.315. The third-order valence-electron chi connectivity index (χ3n) is 3.43. The van der Waals surface area contributed by atoms with Crippen molar-refractivity contribution in [3.63, 3.8) is 0 Å². The monoisotopic (exact) mass is 300 g/mol. The van der Waals surface area contributed by atoms with E-state index in [-0.39, 0.29) is 0 Å². The highest BCUT2D eigenvalue weighted by Gasteiger charge is 2.14. The van der Waals surface area contributed by atoms with Crippen molar-refractivity contribution in [3.05, 3.63) is 59.5 Å². The zero-order valence-electron chi connectivity index (χ0n) is 12.1. The van der Waals surface area contributed by atoms with Gasteiger partial charge in [-0.25, -0.2) is 0 Å². The van der Waals surface area contributed by atoms with Gasteiger partial charge in [0.15, 0.2) is 0 Å². The van der Waals surface area contributed by atoms with Crippen LogP contribution in [-0.4, -0.2) is 9.55 Å². The minimum Gasteiger partial charge on any atom is -0.486 e. The maximum atomic E-state index is 6.37. The summed E-state index contributed by atoms with van der Waals surface area (Å²) in [5.41, 5.74) is 2.18. The number of halogens is 1. The van der Waals surface area contributed by atoms with Gasteiger partial charge in [-0.2, -0.15) is 0 Å². The van der Waals surface area contributed by atoms with E-state index in [4.69, 9.17) is 16.3 Å². The fourth-order valence-corrected chi connectivity index (χ4v) is 2.86. The Balaban J connectivity index is 1.98. The van der Waals surface area contributed by atoms with Crippen LogP contribution in [0.3, 0.4) is 0 Å². The van der Waals surface area contributed by atoms with Crippen molar-refractivity contribution in [3.8, 4) is 5.75 Å². The number of fused-ring (bicyclic) bond motifs is 1. The lowest BCUT2D eigenvalue weighted by Crippen LogP contribution is -2.08. The molecule has 0 bridgehead atoms. The first kappa shape index (κ1) is 14.0. The maximum absolute atomic E-state index is 6.37. The van der Waals surface area contributed by atoms with E-state index in [1.54, 1.807) is 12.4 Å². The summed E-state index contributed by atoms with van der Waals surface area (Å²) >= 11 is 6.37. The first-order valence-electron chi connectivity index (χ1n) is 6.98. The molecule has 0 N–H and O–H groups in total. The Bertz CT molecular complexity index is 750. The highest BCUT2D eigenvalue weighted by Crippen LogP contribution is 2.30. The molecular formula is C17H17ClN2O. The van der Waals surface area contributed by atoms with Crippen molar-refractivity contribution in [2.24, 2.45) is 0 Å². The number of ether oxygens (including phenoxy) is 1. The van der Waals surface area contributed by atoms with Crippen LogP contribution in [0.2, 0.25) is 5.02 Å². The molecule has 0 amide bonds. The Morgan fingerprint density at radius 2 is 2.10 bits per heavy atom. The first-order chi connectivity index (χ1) is 10.2. The quantitative estimate of drug-likeness (QED) is 0.688. The molecule has 0 fully saturated rings. The van der Waals surface area contributed by atoms with E-state index in [0.717, 1.165) is 27.4 Å². The van der Waals surface area contributed by atoms with Gasteiger partial charge >= 0.3 is 0 Å². The molecule has 0 aliphatic carbocycles. The largest absolute Gasteiger partial charge is 0.486 e. The number of hydrogen-bond acceptors (Lipinski definition) is 2. The molecule has 0 aliphatic heterocycles. The van der Waals surface area contributed by atoms with Crippen LogP contribution in [0, 0.1) is 0 Å². The summed E-state index contributed by atoms with van der Waals surface area (Å²) in [5, 5.41) is 1.91. The number of benzene rings is 1. The van der Waals surface area contributed by atoms with Gasteiger partial charge in [0.2, 0.25) is 0 Å². The summed E-state index contributed by atoms with van der Waals surface area (Å²) in [7, 11) is 0. The Morgan fingerprint density at radius 3 is 2.81 bits per heavy atom. The van der Waals surface area contributed by atoms with Gasteiger partial charge in [0.25, 0.3) is 0 Å². The standard InChI is InChI=1S/C17H17ClN2O/c1-12(2)20-14(11-21-15-6-4-8-19-10-15)9-13-5-3-7-16(18)17(13)20/h3-10,12H,11H2,1-2H3. The summed E-state index contributed by atoms with van der Waals surface area (Å²) < 4.78 is 8.06. The van der Waals surface area contributed by atoms with E-state index in [1.807, 2.05) is 24.3 Å². The molecule has 0 atom stereocenters. The van der Waals surface area contributed by atoms with E-state index in [2.05, 4.69) is 35.5 Å². The SMILES string of the molecule is CC(C)n1c(COc2cccnc2)cc2cccc(Cl)c21. The van der Waals surface area contributed by atoms with Gasteiger partial charge in [0.1, 0.15) is 12.4 Å². The smallest absolute Gasteiger partial charge is 0.138 e. The van der Waals surface area contributed by atoms with Crippen LogP contribution >= 0.6 is 11.6 Å². The molecule has 2 heterocycles. The maximum Gasteiger partial charge on any atom is 0.138 e. The number of para-hydroxylation sites is 1. The highest BCUT2D eigenvalue weighted by molar-refractivity contribution is 6.35. The van der Waals surface area contributed by atoms with Crippen molar-refractivity contribution in [2.75, 3.05) is 0 Å². The Kier molecular flexibility index (Phi) is 3.84. The molecule has 0 aliphatic rings. The summed E-state index contributed by atoms with van der Waals surface area (Å²) in [5.74, 6) is 0.768. The molecule has 2 aromatic heterocycles. The molecule has 0 radical (unpaired) electrons. The van der Waals surface area contributed by atoms with E-state index in [1.165, 1.54) is 0 Å². The van der Waals surface area contributed by atoms with Gasteiger partial charge in [-0.15, -0.1) is 0 Å². The lowest BCUT2D eigenvalue weighted by atomic mass is 10.2. The van der Waals surface area contributed by atoms with Crippen molar-refractivity contribution in [1.82, 2.24) is 9.55 Å². The molecule has 0 saturated heterocycles. The lowest BCUT2D eigenvalue weighted by Gasteiger charge is -2.15. The number of pyridine rings is 1. The van der Waals surface area contributed by atoms with Crippen molar-refractivity contribution in [2.45, 2.75) is 26.5 Å². The predicted molar refractivity (Wildman–Crippen MR) is 85.9 cm³/mol. The summed E-state index contributed by atoms with van der Waals surface area (Å²) in [4.78, 5) is 4.06. The molecule has 0 spiro atoms. The van der Waals surface area contributed by atoms with Gasteiger partial charge in [-0.1, -0.05) is 23.7 Å². The second-order valence-electron chi connectivity index (χ2n) is 5.25. The Morgan fingerprint density at radius 1 is 1.24 bits per heavy atom. The zero-order chi connectivity index (χ0) is 14.8. The molecule has 0 saturated carbocycles. The molecule has 3 rings (SSSR count).